The van der Waals surface area contributed by atoms with E-state index in [1.54, 1.807) is 12.1 Å². The van der Waals surface area contributed by atoms with Crippen molar-refractivity contribution in [1.82, 2.24) is 10.3 Å². The maximum absolute atomic E-state index is 11.2. The highest BCUT2D eigenvalue weighted by Crippen LogP contribution is 2.16. The number of aromatic nitrogens is 1. The highest BCUT2D eigenvalue weighted by Gasteiger charge is 2.06. The third-order valence-corrected chi connectivity index (χ3v) is 2.18. The number of carbonyl (C=O) groups is 1. The Hall–Kier alpha value is -1.62. The number of hydrogen-bond donors (Lipinski definition) is 2. The Labute approximate surface area is 101 Å². The number of nitrogens with one attached hydrogen (secondary N) is 1. The van der Waals surface area contributed by atoms with Gasteiger partial charge in [-0.05, 0) is 26.0 Å². The van der Waals surface area contributed by atoms with E-state index in [1.807, 2.05) is 13.8 Å². The first-order valence-electron chi connectivity index (χ1n) is 5.64. The molecule has 0 aliphatic rings. The average molecular weight is 238 g/mol. The zero-order chi connectivity index (χ0) is 12.7. The van der Waals surface area contributed by atoms with Gasteiger partial charge in [-0.25, -0.2) is 0 Å². The molecule has 1 aromatic heterocycles. The van der Waals surface area contributed by atoms with Crippen LogP contribution in [0.2, 0.25) is 0 Å². The maximum atomic E-state index is 11.2. The normalized spacial score (nSPS) is 10.1. The van der Waals surface area contributed by atoms with Crippen molar-refractivity contribution in [2.24, 2.45) is 0 Å². The Morgan fingerprint density at radius 2 is 2.29 bits per heavy atom. The number of pyridine rings is 1. The van der Waals surface area contributed by atoms with Crippen molar-refractivity contribution in [3.8, 4) is 5.75 Å². The van der Waals surface area contributed by atoms with Crippen LogP contribution >= 0.6 is 0 Å². The molecule has 5 nitrogen and oxygen atoms in total. The van der Waals surface area contributed by atoms with Crippen molar-refractivity contribution < 1.29 is 14.6 Å². The first-order chi connectivity index (χ1) is 8.17. The summed E-state index contributed by atoms with van der Waals surface area (Å²) in [5.74, 6) is 0.487. The zero-order valence-electron chi connectivity index (χ0n) is 10.2. The van der Waals surface area contributed by atoms with Gasteiger partial charge in [0.25, 0.3) is 0 Å². The molecule has 1 rings (SSSR count). The molecule has 0 atom stereocenters. The zero-order valence-corrected chi connectivity index (χ0v) is 10.2. The predicted octanol–water partition coefficient (Wildman–Crippen LogP) is 0.787. The molecule has 1 amide bonds. The van der Waals surface area contributed by atoms with Crippen LogP contribution < -0.4 is 10.1 Å². The molecule has 2 N–H and O–H groups in total. The molecule has 1 heterocycles. The third-order valence-electron chi connectivity index (χ3n) is 2.18. The number of hydrogen-bond acceptors (Lipinski definition) is 4. The van der Waals surface area contributed by atoms with Gasteiger partial charge >= 0.3 is 0 Å². The summed E-state index contributed by atoms with van der Waals surface area (Å²) in [6, 6.07) is 3.56. The van der Waals surface area contributed by atoms with Gasteiger partial charge in [0, 0.05) is 12.2 Å². The molecular formula is C12H18N2O3. The number of nitrogens with zero attached hydrogens (tertiary/aromatic N) is 1. The monoisotopic (exact) mass is 238 g/mol. The van der Waals surface area contributed by atoms with E-state index in [1.165, 1.54) is 0 Å². The smallest absolute Gasteiger partial charge is 0.223 e. The van der Waals surface area contributed by atoms with Gasteiger partial charge in [0.05, 0.1) is 19.6 Å². The first kappa shape index (κ1) is 13.4. The summed E-state index contributed by atoms with van der Waals surface area (Å²) < 4.78 is 5.42. The Bertz CT molecular complexity index is 380. The summed E-state index contributed by atoms with van der Waals surface area (Å²) in [5, 5.41) is 11.8. The van der Waals surface area contributed by atoms with Crippen LogP contribution in [-0.2, 0) is 11.4 Å². The quantitative estimate of drug-likeness (QED) is 0.768. The highest BCUT2D eigenvalue weighted by molar-refractivity contribution is 5.75. The summed E-state index contributed by atoms with van der Waals surface area (Å²) in [4.78, 5) is 15.3. The second kappa shape index (κ2) is 6.85. The van der Waals surface area contributed by atoms with E-state index in [0.717, 1.165) is 5.69 Å². The van der Waals surface area contributed by atoms with Crippen LogP contribution in [0.5, 0.6) is 5.75 Å². The van der Waals surface area contributed by atoms with E-state index in [9.17, 15) is 4.79 Å². The standard InChI is InChI=1S/C12H18N2O3/c1-3-13-12(16)6-7-17-11-5-4-9(2)14-10(11)8-15/h4-5,15H,3,6-8H2,1-2H3,(H,13,16). The fraction of sp³-hybridized carbons (Fsp3) is 0.500. The van der Waals surface area contributed by atoms with Gasteiger partial charge in [-0.2, -0.15) is 0 Å². The lowest BCUT2D eigenvalue weighted by atomic mass is 10.3. The van der Waals surface area contributed by atoms with E-state index in [0.29, 0.717) is 24.4 Å². The molecule has 0 saturated heterocycles. The van der Waals surface area contributed by atoms with Crippen molar-refractivity contribution in [3.63, 3.8) is 0 Å². The molecule has 0 aromatic carbocycles. The van der Waals surface area contributed by atoms with Gasteiger partial charge in [-0.3, -0.25) is 9.78 Å². The fourth-order valence-electron chi connectivity index (χ4n) is 1.38. The van der Waals surface area contributed by atoms with Gasteiger partial charge < -0.3 is 15.2 Å². The number of rotatable bonds is 6. The van der Waals surface area contributed by atoms with E-state index in [-0.39, 0.29) is 19.1 Å². The van der Waals surface area contributed by atoms with E-state index < -0.39 is 0 Å². The van der Waals surface area contributed by atoms with Gasteiger partial charge in [0.1, 0.15) is 11.4 Å². The molecule has 5 heteroatoms. The van der Waals surface area contributed by atoms with Crippen LogP contribution in [0.1, 0.15) is 24.7 Å². The van der Waals surface area contributed by atoms with Crippen LogP contribution in [0.15, 0.2) is 12.1 Å². The second-order valence-corrected chi connectivity index (χ2v) is 3.61. The summed E-state index contributed by atoms with van der Waals surface area (Å²) in [6.45, 7) is 4.44. The Kier molecular flexibility index (Phi) is 5.42. The predicted molar refractivity (Wildman–Crippen MR) is 63.7 cm³/mol. The van der Waals surface area contributed by atoms with Crippen LogP contribution in [0.3, 0.4) is 0 Å². The summed E-state index contributed by atoms with van der Waals surface area (Å²) >= 11 is 0. The molecule has 17 heavy (non-hydrogen) atoms. The molecule has 0 aliphatic heterocycles. The minimum atomic E-state index is -0.168. The number of aliphatic hydroxyl groups is 1. The van der Waals surface area contributed by atoms with Crippen molar-refractivity contribution in [2.75, 3.05) is 13.2 Å². The topological polar surface area (TPSA) is 71.5 Å². The van der Waals surface area contributed by atoms with Crippen molar-refractivity contribution in [2.45, 2.75) is 26.9 Å². The first-order valence-corrected chi connectivity index (χ1v) is 5.64. The van der Waals surface area contributed by atoms with Crippen molar-refractivity contribution in [1.29, 1.82) is 0 Å². The number of aliphatic hydroxyl groups excluding tert-OH is 1. The number of ether oxygens (including phenoxy) is 1. The van der Waals surface area contributed by atoms with Gasteiger partial charge in [-0.15, -0.1) is 0 Å². The summed E-state index contributed by atoms with van der Waals surface area (Å²) in [6.07, 6.45) is 0.298. The molecule has 0 saturated carbocycles. The Morgan fingerprint density at radius 1 is 1.53 bits per heavy atom. The lowest BCUT2D eigenvalue weighted by Crippen LogP contribution is -2.24. The van der Waals surface area contributed by atoms with E-state index >= 15 is 0 Å². The highest BCUT2D eigenvalue weighted by atomic mass is 16.5. The SMILES string of the molecule is CCNC(=O)CCOc1ccc(C)nc1CO. The largest absolute Gasteiger partial charge is 0.491 e. The fourth-order valence-corrected chi connectivity index (χ4v) is 1.38. The molecule has 94 valence electrons. The molecule has 0 spiro atoms. The summed E-state index contributed by atoms with van der Waals surface area (Å²) in [5.41, 5.74) is 1.33. The molecule has 0 unspecified atom stereocenters. The Balaban J connectivity index is 2.49. The van der Waals surface area contributed by atoms with Crippen LogP contribution in [-0.4, -0.2) is 29.1 Å². The van der Waals surface area contributed by atoms with Gasteiger partial charge in [-0.1, -0.05) is 0 Å². The van der Waals surface area contributed by atoms with Gasteiger partial charge in [0.15, 0.2) is 0 Å². The van der Waals surface area contributed by atoms with Gasteiger partial charge in [0.2, 0.25) is 5.91 Å². The molecule has 0 aliphatic carbocycles. The Morgan fingerprint density at radius 3 is 2.94 bits per heavy atom. The van der Waals surface area contributed by atoms with E-state index in [2.05, 4.69) is 10.3 Å². The molecule has 1 aromatic rings. The van der Waals surface area contributed by atoms with Crippen LogP contribution in [0.4, 0.5) is 0 Å². The average Bonchev–Trinajstić information content (AvgIpc) is 2.31. The minimum absolute atomic E-state index is 0.0434. The molecule has 0 fully saturated rings. The lowest BCUT2D eigenvalue weighted by Gasteiger charge is -2.09. The van der Waals surface area contributed by atoms with Crippen LogP contribution in [0, 0.1) is 6.92 Å². The van der Waals surface area contributed by atoms with Crippen LogP contribution in [0.25, 0.3) is 0 Å². The van der Waals surface area contributed by atoms with Crippen molar-refractivity contribution in [3.05, 3.63) is 23.5 Å². The molecule has 0 radical (unpaired) electrons. The number of aryl methyl sites for hydroxylation is 1. The minimum Gasteiger partial charge on any atom is -0.491 e. The number of carbonyl (C=O) groups excluding carboxylic acids is 1. The van der Waals surface area contributed by atoms with Crippen molar-refractivity contribution >= 4 is 5.91 Å². The van der Waals surface area contributed by atoms with E-state index in [4.69, 9.17) is 9.84 Å². The molecule has 0 bridgehead atoms. The number of amides is 1. The maximum Gasteiger partial charge on any atom is 0.223 e. The summed E-state index contributed by atoms with van der Waals surface area (Å²) in [7, 11) is 0. The lowest BCUT2D eigenvalue weighted by molar-refractivity contribution is -0.121. The third kappa shape index (κ3) is 4.40. The second-order valence-electron chi connectivity index (χ2n) is 3.61. The molecular weight excluding hydrogens is 220 g/mol.